The average molecular weight is 541 g/mol. The predicted molar refractivity (Wildman–Crippen MR) is 135 cm³/mol. The van der Waals surface area contributed by atoms with Gasteiger partial charge >= 0.3 is 0 Å². The molecule has 0 spiro atoms. The maximum atomic E-state index is 5.48. The first kappa shape index (κ1) is 25.6. The summed E-state index contributed by atoms with van der Waals surface area (Å²) in [5.74, 6) is 1.76. The Morgan fingerprint density at radius 2 is 1.81 bits per heavy atom. The molecule has 0 bridgehead atoms. The highest BCUT2D eigenvalue weighted by atomic mass is 127. The zero-order valence-electron chi connectivity index (χ0n) is 18.9. The molecule has 0 unspecified atom stereocenters. The van der Waals surface area contributed by atoms with Crippen LogP contribution in [0.2, 0.25) is 0 Å². The smallest absolute Gasteiger partial charge is 0.191 e. The van der Waals surface area contributed by atoms with Crippen LogP contribution < -0.4 is 10.6 Å². The summed E-state index contributed by atoms with van der Waals surface area (Å²) >= 11 is 0. The van der Waals surface area contributed by atoms with Crippen LogP contribution >= 0.6 is 24.0 Å². The van der Waals surface area contributed by atoms with Crippen molar-refractivity contribution in [1.29, 1.82) is 0 Å². The van der Waals surface area contributed by atoms with Crippen molar-refractivity contribution < 1.29 is 9.26 Å². The maximum Gasteiger partial charge on any atom is 0.191 e. The fourth-order valence-electron chi connectivity index (χ4n) is 3.68. The van der Waals surface area contributed by atoms with Gasteiger partial charge in [-0.25, -0.2) is 4.99 Å². The lowest BCUT2D eigenvalue weighted by Gasteiger charge is -2.27. The Hall–Kier alpha value is -1.65. The van der Waals surface area contributed by atoms with Gasteiger partial charge in [-0.2, -0.15) is 0 Å². The minimum absolute atomic E-state index is 0. The predicted octanol–water partition coefficient (Wildman–Crippen LogP) is 3.50. The quantitative estimate of drug-likeness (QED) is 0.288. The van der Waals surface area contributed by atoms with Crippen LogP contribution in [0.25, 0.3) is 0 Å². The summed E-state index contributed by atoms with van der Waals surface area (Å²) in [5.41, 5.74) is 4.76. The van der Waals surface area contributed by atoms with Crippen molar-refractivity contribution in [2.24, 2.45) is 4.99 Å². The topological polar surface area (TPSA) is 74.9 Å². The molecule has 8 heteroatoms. The van der Waals surface area contributed by atoms with E-state index in [1.807, 2.05) is 0 Å². The Labute approximate surface area is 203 Å². The number of ether oxygens (including phenoxy) is 1. The second kappa shape index (κ2) is 13.7. The van der Waals surface area contributed by atoms with Gasteiger partial charge in [0.05, 0.1) is 25.5 Å². The number of hydrogen-bond acceptors (Lipinski definition) is 5. The van der Waals surface area contributed by atoms with E-state index in [9.17, 15) is 0 Å². The molecule has 1 aromatic carbocycles. The van der Waals surface area contributed by atoms with E-state index in [4.69, 9.17) is 14.3 Å². The molecule has 1 aromatic heterocycles. The highest BCUT2D eigenvalue weighted by molar-refractivity contribution is 14.0. The van der Waals surface area contributed by atoms with Crippen molar-refractivity contribution in [3.63, 3.8) is 0 Å². The zero-order chi connectivity index (χ0) is 21.2. The van der Waals surface area contributed by atoms with Gasteiger partial charge in [0.2, 0.25) is 0 Å². The Morgan fingerprint density at radius 1 is 1.06 bits per heavy atom. The third-order valence-electron chi connectivity index (χ3n) is 5.41. The van der Waals surface area contributed by atoms with Gasteiger partial charge in [-0.15, -0.1) is 24.0 Å². The molecule has 3 rings (SSSR count). The van der Waals surface area contributed by atoms with Crippen molar-refractivity contribution in [2.75, 3.05) is 32.8 Å². The van der Waals surface area contributed by atoms with E-state index in [1.165, 1.54) is 11.1 Å². The minimum Gasteiger partial charge on any atom is -0.379 e. The van der Waals surface area contributed by atoms with Crippen molar-refractivity contribution >= 4 is 29.9 Å². The number of aliphatic imine (C=N–C) groups is 1. The molecule has 0 atom stereocenters. The lowest BCUT2D eigenvalue weighted by Crippen LogP contribution is -2.37. The second-order valence-corrected chi connectivity index (χ2v) is 7.44. The molecule has 0 aliphatic carbocycles. The molecule has 1 fully saturated rings. The standard InChI is InChI=1S/C23H35N5O2.HI/c1-4-21-20(22(5-2)30-27-21)16-26-23(24-6-3)25-15-18-9-7-8-10-19(18)17-28-11-13-29-14-12-28;/h7-10H,4-6,11-17H2,1-3H3,(H2,24,25,26);1H. The Kier molecular flexibility index (Phi) is 11.3. The fourth-order valence-corrected chi connectivity index (χ4v) is 3.68. The van der Waals surface area contributed by atoms with E-state index in [1.54, 1.807) is 0 Å². The minimum atomic E-state index is 0. The van der Waals surface area contributed by atoms with Gasteiger partial charge in [-0.3, -0.25) is 4.90 Å². The summed E-state index contributed by atoms with van der Waals surface area (Å²) in [5, 5.41) is 11.0. The average Bonchev–Trinajstić information content (AvgIpc) is 3.19. The number of aryl methyl sites for hydroxylation is 2. The molecular formula is C23H36IN5O2. The van der Waals surface area contributed by atoms with E-state index in [-0.39, 0.29) is 24.0 Å². The third-order valence-corrected chi connectivity index (χ3v) is 5.41. The molecule has 1 saturated heterocycles. The Balaban J connectivity index is 0.00000341. The van der Waals surface area contributed by atoms with E-state index >= 15 is 0 Å². The maximum absolute atomic E-state index is 5.48. The summed E-state index contributed by atoms with van der Waals surface area (Å²) in [4.78, 5) is 7.29. The normalized spacial score (nSPS) is 14.9. The van der Waals surface area contributed by atoms with Crippen LogP contribution in [0.1, 0.15) is 48.9 Å². The van der Waals surface area contributed by atoms with Crippen LogP contribution in [-0.4, -0.2) is 48.9 Å². The summed E-state index contributed by atoms with van der Waals surface area (Å²) < 4.78 is 11.0. The summed E-state index contributed by atoms with van der Waals surface area (Å²) in [6.07, 6.45) is 1.70. The van der Waals surface area contributed by atoms with E-state index in [0.717, 1.165) is 75.2 Å². The number of halogens is 1. The van der Waals surface area contributed by atoms with Crippen LogP contribution in [0.4, 0.5) is 0 Å². The molecule has 1 aliphatic heterocycles. The first-order chi connectivity index (χ1) is 14.7. The summed E-state index contributed by atoms with van der Waals surface area (Å²) in [6.45, 7) is 12.9. The fraction of sp³-hybridized carbons (Fsp3) is 0.565. The Bertz CT molecular complexity index is 797. The van der Waals surface area contributed by atoms with Crippen molar-refractivity contribution in [2.45, 2.75) is 53.2 Å². The molecule has 0 saturated carbocycles. The van der Waals surface area contributed by atoms with Crippen molar-refractivity contribution in [3.8, 4) is 0 Å². The van der Waals surface area contributed by atoms with Gasteiger partial charge in [0.15, 0.2) is 5.96 Å². The van der Waals surface area contributed by atoms with Gasteiger partial charge in [-0.05, 0) is 24.5 Å². The van der Waals surface area contributed by atoms with Gasteiger partial charge in [0.25, 0.3) is 0 Å². The van der Waals surface area contributed by atoms with Gasteiger partial charge in [-0.1, -0.05) is 43.3 Å². The molecule has 2 heterocycles. The molecule has 2 aromatic rings. The number of nitrogens with one attached hydrogen (secondary N) is 2. The van der Waals surface area contributed by atoms with E-state index < -0.39 is 0 Å². The van der Waals surface area contributed by atoms with Crippen LogP contribution in [0.3, 0.4) is 0 Å². The zero-order valence-corrected chi connectivity index (χ0v) is 21.3. The molecule has 0 amide bonds. The number of rotatable bonds is 9. The molecule has 7 nitrogen and oxygen atoms in total. The van der Waals surface area contributed by atoms with Crippen molar-refractivity contribution in [1.82, 2.24) is 20.7 Å². The number of benzene rings is 1. The lowest BCUT2D eigenvalue weighted by atomic mass is 10.1. The monoisotopic (exact) mass is 541 g/mol. The molecule has 31 heavy (non-hydrogen) atoms. The van der Waals surface area contributed by atoms with Crippen LogP contribution in [0.15, 0.2) is 33.8 Å². The number of morpholine rings is 1. The molecule has 172 valence electrons. The SMILES string of the molecule is CCNC(=NCc1ccccc1CN1CCOCC1)NCc1c(CC)noc1CC.I. The van der Waals surface area contributed by atoms with Gasteiger partial charge < -0.3 is 19.9 Å². The number of hydrogen-bond donors (Lipinski definition) is 2. The summed E-state index contributed by atoms with van der Waals surface area (Å²) in [7, 11) is 0. The number of guanidine groups is 1. The van der Waals surface area contributed by atoms with Crippen LogP contribution in [-0.2, 0) is 37.2 Å². The van der Waals surface area contributed by atoms with Crippen LogP contribution in [0.5, 0.6) is 0 Å². The van der Waals surface area contributed by atoms with Gasteiger partial charge in [0, 0.05) is 44.7 Å². The second-order valence-electron chi connectivity index (χ2n) is 7.44. The van der Waals surface area contributed by atoms with Crippen molar-refractivity contribution in [3.05, 3.63) is 52.4 Å². The van der Waals surface area contributed by atoms with Crippen LogP contribution in [0, 0.1) is 0 Å². The highest BCUT2D eigenvalue weighted by Gasteiger charge is 2.14. The highest BCUT2D eigenvalue weighted by Crippen LogP contribution is 2.16. The van der Waals surface area contributed by atoms with E-state index in [0.29, 0.717) is 13.1 Å². The Morgan fingerprint density at radius 3 is 2.48 bits per heavy atom. The number of nitrogens with zero attached hydrogens (tertiary/aromatic N) is 3. The third kappa shape index (κ3) is 7.47. The molecule has 0 radical (unpaired) electrons. The summed E-state index contributed by atoms with van der Waals surface area (Å²) in [6, 6.07) is 8.58. The lowest BCUT2D eigenvalue weighted by molar-refractivity contribution is 0.0341. The molecule has 2 N–H and O–H groups in total. The number of aromatic nitrogens is 1. The first-order valence-corrected chi connectivity index (χ1v) is 11.1. The molecule has 1 aliphatic rings. The first-order valence-electron chi connectivity index (χ1n) is 11.1. The van der Waals surface area contributed by atoms with Gasteiger partial charge in [0.1, 0.15) is 5.76 Å². The molecular weight excluding hydrogens is 505 g/mol. The van der Waals surface area contributed by atoms with E-state index in [2.05, 4.69) is 65.7 Å². The largest absolute Gasteiger partial charge is 0.379 e.